The monoisotopic (exact) mass is 445 g/mol. The molecule has 2 aliphatic rings. The Kier molecular flexibility index (Phi) is 9.57. The van der Waals surface area contributed by atoms with E-state index < -0.39 is 0 Å². The van der Waals surface area contributed by atoms with Crippen molar-refractivity contribution in [2.24, 2.45) is 5.92 Å². The largest absolute Gasteiger partial charge is 0.370 e. The molecule has 2 fully saturated rings. The summed E-state index contributed by atoms with van der Waals surface area (Å²) in [6.07, 6.45) is 12.1. The van der Waals surface area contributed by atoms with Crippen LogP contribution in [-0.2, 0) is 11.3 Å². The van der Waals surface area contributed by atoms with Crippen molar-refractivity contribution >= 4 is 11.6 Å². The van der Waals surface area contributed by atoms with Gasteiger partial charge in [-0.05, 0) is 52.4 Å². The number of hydrogen-bond acceptors (Lipinski definition) is 5. The molecule has 0 atom stereocenters. The number of carbonyl (C=O) groups excluding carboxylic acids is 1. The van der Waals surface area contributed by atoms with Crippen LogP contribution in [0.1, 0.15) is 78.6 Å². The number of aromatic nitrogens is 2. The molecule has 1 saturated carbocycles. The second-order valence-electron chi connectivity index (χ2n) is 9.80. The third-order valence-electron chi connectivity index (χ3n) is 7.12. The number of amides is 1. The van der Waals surface area contributed by atoms with Crippen LogP contribution in [0.4, 0.5) is 5.69 Å². The SMILES string of the molecule is CCCn1ncc(N2CCC(C(=O)NCCCN(C(C)C)C3CCCCC3)CC2)cc1=O. The topological polar surface area (TPSA) is 70.5 Å². The Morgan fingerprint density at radius 3 is 2.53 bits per heavy atom. The van der Waals surface area contributed by atoms with Crippen molar-refractivity contribution in [3.05, 3.63) is 22.6 Å². The Labute approximate surface area is 193 Å². The summed E-state index contributed by atoms with van der Waals surface area (Å²) in [5, 5.41) is 7.47. The van der Waals surface area contributed by atoms with Gasteiger partial charge in [-0.25, -0.2) is 4.68 Å². The molecular weight excluding hydrogens is 402 g/mol. The summed E-state index contributed by atoms with van der Waals surface area (Å²) in [6, 6.07) is 2.97. The molecular formula is C25H43N5O2. The van der Waals surface area contributed by atoms with Crippen LogP contribution in [0.15, 0.2) is 17.1 Å². The first-order valence-electron chi connectivity index (χ1n) is 12.8. The molecule has 0 spiro atoms. The van der Waals surface area contributed by atoms with Crippen LogP contribution in [0, 0.1) is 5.92 Å². The van der Waals surface area contributed by atoms with Gasteiger partial charge in [0.1, 0.15) is 0 Å². The number of rotatable bonds is 10. The van der Waals surface area contributed by atoms with Crippen LogP contribution in [0.5, 0.6) is 0 Å². The summed E-state index contributed by atoms with van der Waals surface area (Å²) in [4.78, 5) is 29.7. The maximum absolute atomic E-state index is 12.7. The molecule has 1 saturated heterocycles. The van der Waals surface area contributed by atoms with E-state index in [2.05, 4.69) is 34.1 Å². The maximum Gasteiger partial charge on any atom is 0.268 e. The van der Waals surface area contributed by atoms with Gasteiger partial charge in [-0.3, -0.25) is 14.5 Å². The highest BCUT2D eigenvalue weighted by atomic mass is 16.2. The van der Waals surface area contributed by atoms with E-state index in [1.165, 1.54) is 36.8 Å². The van der Waals surface area contributed by atoms with Crippen LogP contribution in [0.3, 0.4) is 0 Å². The molecule has 1 amide bonds. The first-order valence-corrected chi connectivity index (χ1v) is 12.8. The van der Waals surface area contributed by atoms with Gasteiger partial charge in [0.15, 0.2) is 0 Å². The van der Waals surface area contributed by atoms with Crippen molar-refractivity contribution < 1.29 is 4.79 Å². The van der Waals surface area contributed by atoms with E-state index >= 15 is 0 Å². The minimum atomic E-state index is -0.0483. The van der Waals surface area contributed by atoms with Crippen LogP contribution in [0.25, 0.3) is 0 Å². The number of nitrogens with one attached hydrogen (secondary N) is 1. The van der Waals surface area contributed by atoms with E-state index in [-0.39, 0.29) is 17.4 Å². The minimum Gasteiger partial charge on any atom is -0.370 e. The standard InChI is InChI=1S/C25H43N5O2/c1-4-14-30-24(31)18-23(19-27-30)28-16-11-21(12-17-28)25(32)26-13-8-15-29(20(2)3)22-9-6-5-7-10-22/h18-22H,4-17H2,1-3H3,(H,26,32). The molecule has 32 heavy (non-hydrogen) atoms. The van der Waals surface area contributed by atoms with E-state index in [9.17, 15) is 9.59 Å². The van der Waals surface area contributed by atoms with Gasteiger partial charge >= 0.3 is 0 Å². The highest BCUT2D eigenvalue weighted by molar-refractivity contribution is 5.78. The van der Waals surface area contributed by atoms with Gasteiger partial charge in [0.05, 0.1) is 11.9 Å². The summed E-state index contributed by atoms with van der Waals surface area (Å²) in [6.45, 7) is 10.7. The maximum atomic E-state index is 12.7. The van der Waals surface area contributed by atoms with E-state index in [4.69, 9.17) is 0 Å². The fraction of sp³-hybridized carbons (Fsp3) is 0.800. The van der Waals surface area contributed by atoms with Crippen molar-refractivity contribution in [2.75, 3.05) is 31.1 Å². The molecule has 7 heteroatoms. The van der Waals surface area contributed by atoms with Crippen molar-refractivity contribution in [1.82, 2.24) is 20.0 Å². The second-order valence-corrected chi connectivity index (χ2v) is 9.80. The molecule has 0 radical (unpaired) electrons. The van der Waals surface area contributed by atoms with Crippen LogP contribution >= 0.6 is 0 Å². The molecule has 0 bridgehead atoms. The molecule has 0 unspecified atom stereocenters. The predicted octanol–water partition coefficient (Wildman–Crippen LogP) is 3.42. The molecule has 1 aliphatic carbocycles. The van der Waals surface area contributed by atoms with Crippen LogP contribution < -0.4 is 15.8 Å². The van der Waals surface area contributed by atoms with Crippen LogP contribution in [-0.4, -0.2) is 58.9 Å². The number of hydrogen-bond donors (Lipinski definition) is 1. The third kappa shape index (κ3) is 6.80. The minimum absolute atomic E-state index is 0.0483. The lowest BCUT2D eigenvalue weighted by Gasteiger charge is -2.37. The number of aryl methyl sites for hydroxylation is 1. The Hall–Kier alpha value is -1.89. The van der Waals surface area contributed by atoms with E-state index in [0.29, 0.717) is 12.6 Å². The first-order chi connectivity index (χ1) is 15.5. The highest BCUT2D eigenvalue weighted by Gasteiger charge is 2.26. The molecule has 0 aromatic carbocycles. The summed E-state index contributed by atoms with van der Waals surface area (Å²) in [7, 11) is 0. The van der Waals surface area contributed by atoms with E-state index in [1.54, 1.807) is 12.3 Å². The van der Waals surface area contributed by atoms with Crippen LogP contribution in [0.2, 0.25) is 0 Å². The molecule has 180 valence electrons. The molecule has 2 heterocycles. The Bertz CT molecular complexity index is 764. The van der Waals surface area contributed by atoms with Gasteiger partial charge in [0.25, 0.3) is 5.56 Å². The second kappa shape index (κ2) is 12.4. The fourth-order valence-corrected chi connectivity index (χ4v) is 5.27. The number of carbonyl (C=O) groups is 1. The van der Waals surface area contributed by atoms with E-state index in [0.717, 1.165) is 63.6 Å². The van der Waals surface area contributed by atoms with E-state index in [1.807, 2.05) is 6.92 Å². The van der Waals surface area contributed by atoms with Gasteiger partial charge in [0.2, 0.25) is 5.91 Å². The molecule has 3 rings (SSSR count). The normalized spacial score (nSPS) is 18.5. The first kappa shape index (κ1) is 24.7. The summed E-state index contributed by atoms with van der Waals surface area (Å²) >= 11 is 0. The Morgan fingerprint density at radius 2 is 1.91 bits per heavy atom. The summed E-state index contributed by atoms with van der Waals surface area (Å²) < 4.78 is 1.51. The molecule has 1 N–H and O–H groups in total. The van der Waals surface area contributed by atoms with Gasteiger partial charge < -0.3 is 10.2 Å². The molecule has 1 aromatic heterocycles. The van der Waals surface area contributed by atoms with Crippen molar-refractivity contribution in [3.8, 4) is 0 Å². The van der Waals surface area contributed by atoms with Crippen molar-refractivity contribution in [3.63, 3.8) is 0 Å². The zero-order chi connectivity index (χ0) is 22.9. The number of piperidine rings is 1. The lowest BCUT2D eigenvalue weighted by Crippen LogP contribution is -2.44. The third-order valence-corrected chi connectivity index (χ3v) is 7.12. The van der Waals surface area contributed by atoms with Gasteiger partial charge in [0, 0.05) is 56.8 Å². The Balaban J connectivity index is 1.39. The van der Waals surface area contributed by atoms with Gasteiger partial charge in [-0.1, -0.05) is 26.2 Å². The summed E-state index contributed by atoms with van der Waals surface area (Å²) in [5.41, 5.74) is 0.825. The molecule has 1 aliphatic heterocycles. The zero-order valence-electron chi connectivity index (χ0n) is 20.4. The smallest absolute Gasteiger partial charge is 0.268 e. The van der Waals surface area contributed by atoms with Gasteiger partial charge in [-0.15, -0.1) is 0 Å². The van der Waals surface area contributed by atoms with Gasteiger partial charge in [-0.2, -0.15) is 5.10 Å². The average Bonchev–Trinajstić information content (AvgIpc) is 2.81. The fourth-order valence-electron chi connectivity index (χ4n) is 5.27. The molecule has 7 nitrogen and oxygen atoms in total. The predicted molar refractivity (Wildman–Crippen MR) is 130 cm³/mol. The lowest BCUT2D eigenvalue weighted by molar-refractivity contribution is -0.125. The number of nitrogens with zero attached hydrogens (tertiary/aromatic N) is 4. The van der Waals surface area contributed by atoms with Crippen molar-refractivity contribution in [2.45, 2.75) is 97.2 Å². The highest BCUT2D eigenvalue weighted by Crippen LogP contribution is 2.24. The number of anilines is 1. The average molecular weight is 446 g/mol. The Morgan fingerprint density at radius 1 is 1.19 bits per heavy atom. The zero-order valence-corrected chi connectivity index (χ0v) is 20.4. The molecule has 1 aromatic rings. The quantitative estimate of drug-likeness (QED) is 0.559. The lowest BCUT2D eigenvalue weighted by atomic mass is 9.93. The summed E-state index contributed by atoms with van der Waals surface area (Å²) in [5.74, 6) is 0.258. The van der Waals surface area contributed by atoms with Crippen molar-refractivity contribution in [1.29, 1.82) is 0 Å².